The first-order valence-corrected chi connectivity index (χ1v) is 5.92. The van der Waals surface area contributed by atoms with Crippen molar-refractivity contribution < 1.29 is 0 Å². The summed E-state index contributed by atoms with van der Waals surface area (Å²) in [6.07, 6.45) is 1.14. The van der Waals surface area contributed by atoms with Gasteiger partial charge in [0.1, 0.15) is 0 Å². The highest BCUT2D eigenvalue weighted by Gasteiger charge is 2.13. The van der Waals surface area contributed by atoms with Gasteiger partial charge >= 0.3 is 0 Å². The van der Waals surface area contributed by atoms with Crippen LogP contribution in [0.1, 0.15) is 6.42 Å². The van der Waals surface area contributed by atoms with Crippen molar-refractivity contribution in [2.24, 2.45) is 0 Å². The molecule has 1 aromatic carbocycles. The molecule has 1 fully saturated rings. The Balaban J connectivity index is 1.92. The van der Waals surface area contributed by atoms with Gasteiger partial charge in [-0.15, -0.1) is 0 Å². The molecule has 0 bridgehead atoms. The lowest BCUT2D eigenvalue weighted by molar-refractivity contribution is 0.793. The Morgan fingerprint density at radius 3 is 2.94 bits per heavy atom. The smallest absolute Gasteiger partial charge is 0.248 e. The van der Waals surface area contributed by atoms with E-state index in [1.54, 1.807) is 6.07 Å². The summed E-state index contributed by atoms with van der Waals surface area (Å²) in [5.74, 6) is 0. The van der Waals surface area contributed by atoms with Crippen LogP contribution < -0.4 is 16.2 Å². The van der Waals surface area contributed by atoms with Gasteiger partial charge in [0.05, 0.1) is 5.52 Å². The fourth-order valence-electron chi connectivity index (χ4n) is 2.25. The molecule has 4 heteroatoms. The fraction of sp³-hybridized carbons (Fsp3) is 0.308. The number of fused-ring (bicyclic) bond motifs is 1. The summed E-state index contributed by atoms with van der Waals surface area (Å²) in [5, 5.41) is 7.84. The van der Waals surface area contributed by atoms with E-state index in [1.165, 1.54) is 0 Å². The standard InChI is InChI=1S/C13H15N3O/c17-13-4-2-9-1-3-10(7-12(9)16-13)15-11-5-6-14-8-11/h1-4,7,11,14-15H,5-6,8H2,(H,16,17). The molecule has 1 aliphatic rings. The number of anilines is 1. The highest BCUT2D eigenvalue weighted by molar-refractivity contribution is 5.81. The van der Waals surface area contributed by atoms with Crippen LogP contribution >= 0.6 is 0 Å². The second-order valence-corrected chi connectivity index (χ2v) is 4.46. The average Bonchev–Trinajstić information content (AvgIpc) is 2.81. The van der Waals surface area contributed by atoms with Crippen LogP contribution in [-0.2, 0) is 0 Å². The number of hydrogen-bond donors (Lipinski definition) is 3. The summed E-state index contributed by atoms with van der Waals surface area (Å²) in [6, 6.07) is 9.96. The summed E-state index contributed by atoms with van der Waals surface area (Å²) >= 11 is 0. The zero-order valence-corrected chi connectivity index (χ0v) is 9.49. The molecule has 0 amide bonds. The van der Waals surface area contributed by atoms with E-state index < -0.39 is 0 Å². The van der Waals surface area contributed by atoms with E-state index in [4.69, 9.17) is 0 Å². The molecule has 88 valence electrons. The van der Waals surface area contributed by atoms with Gasteiger partial charge in [0.2, 0.25) is 5.56 Å². The van der Waals surface area contributed by atoms with Gasteiger partial charge in [0.25, 0.3) is 0 Å². The van der Waals surface area contributed by atoms with E-state index in [0.29, 0.717) is 6.04 Å². The normalized spacial score (nSPS) is 19.6. The summed E-state index contributed by atoms with van der Waals surface area (Å²) in [7, 11) is 0. The zero-order chi connectivity index (χ0) is 11.7. The predicted molar refractivity (Wildman–Crippen MR) is 69.5 cm³/mol. The third-order valence-electron chi connectivity index (χ3n) is 3.16. The maximum Gasteiger partial charge on any atom is 0.248 e. The monoisotopic (exact) mass is 229 g/mol. The minimum atomic E-state index is -0.0582. The highest BCUT2D eigenvalue weighted by Crippen LogP contribution is 2.17. The van der Waals surface area contributed by atoms with Crippen LogP contribution in [0, 0.1) is 0 Å². The van der Waals surface area contributed by atoms with Gasteiger partial charge in [-0.2, -0.15) is 0 Å². The third-order valence-corrected chi connectivity index (χ3v) is 3.16. The van der Waals surface area contributed by atoms with Crippen LogP contribution in [0.3, 0.4) is 0 Å². The Morgan fingerprint density at radius 1 is 1.24 bits per heavy atom. The molecule has 1 aromatic heterocycles. The molecular formula is C13H15N3O. The lowest BCUT2D eigenvalue weighted by atomic mass is 10.2. The number of H-pyrrole nitrogens is 1. The molecule has 3 N–H and O–H groups in total. The number of pyridine rings is 1. The molecule has 2 heterocycles. The number of aromatic nitrogens is 1. The Labute approximate surface area is 99.0 Å². The summed E-state index contributed by atoms with van der Waals surface area (Å²) in [5.41, 5.74) is 1.89. The SMILES string of the molecule is O=c1ccc2ccc(NC3CCNC3)cc2[nH]1. The number of aromatic amines is 1. The van der Waals surface area contributed by atoms with Gasteiger partial charge in [-0.3, -0.25) is 4.79 Å². The molecule has 3 rings (SSSR count). The first kappa shape index (κ1) is 10.4. The average molecular weight is 229 g/mol. The summed E-state index contributed by atoms with van der Waals surface area (Å²) in [6.45, 7) is 2.07. The Morgan fingerprint density at radius 2 is 2.12 bits per heavy atom. The molecule has 0 spiro atoms. The maximum absolute atomic E-state index is 11.3. The first-order valence-electron chi connectivity index (χ1n) is 5.92. The second kappa shape index (κ2) is 4.22. The van der Waals surface area contributed by atoms with Crippen molar-refractivity contribution in [3.63, 3.8) is 0 Å². The maximum atomic E-state index is 11.3. The van der Waals surface area contributed by atoms with Crippen LogP contribution in [0.15, 0.2) is 35.1 Å². The number of nitrogens with one attached hydrogen (secondary N) is 3. The van der Waals surface area contributed by atoms with Crippen molar-refractivity contribution in [2.45, 2.75) is 12.5 Å². The molecule has 0 radical (unpaired) electrons. The lowest BCUT2D eigenvalue weighted by Crippen LogP contribution is -2.22. The van der Waals surface area contributed by atoms with Crippen LogP contribution in [0.5, 0.6) is 0 Å². The van der Waals surface area contributed by atoms with Crippen molar-refractivity contribution in [2.75, 3.05) is 18.4 Å². The molecule has 1 saturated heterocycles. The van der Waals surface area contributed by atoms with Gasteiger partial charge < -0.3 is 15.6 Å². The number of benzene rings is 1. The van der Waals surface area contributed by atoms with Gasteiger partial charge in [-0.25, -0.2) is 0 Å². The van der Waals surface area contributed by atoms with Crippen molar-refractivity contribution in [3.8, 4) is 0 Å². The van der Waals surface area contributed by atoms with Crippen LogP contribution in [0.2, 0.25) is 0 Å². The highest BCUT2D eigenvalue weighted by atomic mass is 16.1. The van der Waals surface area contributed by atoms with Crippen molar-refractivity contribution in [1.82, 2.24) is 10.3 Å². The van der Waals surface area contributed by atoms with Gasteiger partial charge in [-0.1, -0.05) is 6.07 Å². The predicted octanol–water partition coefficient (Wildman–Crippen LogP) is 1.30. The first-order chi connectivity index (χ1) is 8.31. The van der Waals surface area contributed by atoms with E-state index in [2.05, 4.69) is 21.7 Å². The molecule has 1 aliphatic heterocycles. The van der Waals surface area contributed by atoms with Crippen molar-refractivity contribution in [1.29, 1.82) is 0 Å². The van der Waals surface area contributed by atoms with Gasteiger partial charge in [0.15, 0.2) is 0 Å². The van der Waals surface area contributed by atoms with Crippen molar-refractivity contribution in [3.05, 3.63) is 40.7 Å². The Hall–Kier alpha value is -1.81. The quantitative estimate of drug-likeness (QED) is 0.727. The van der Waals surface area contributed by atoms with Crippen LogP contribution in [0.4, 0.5) is 5.69 Å². The van der Waals surface area contributed by atoms with Gasteiger partial charge in [0, 0.05) is 24.3 Å². The summed E-state index contributed by atoms with van der Waals surface area (Å²) < 4.78 is 0. The molecule has 1 atom stereocenters. The Kier molecular flexibility index (Phi) is 2.57. The molecule has 4 nitrogen and oxygen atoms in total. The van der Waals surface area contributed by atoms with E-state index >= 15 is 0 Å². The van der Waals surface area contributed by atoms with Crippen LogP contribution in [-0.4, -0.2) is 24.1 Å². The van der Waals surface area contributed by atoms with E-state index in [0.717, 1.165) is 36.1 Å². The molecular weight excluding hydrogens is 214 g/mol. The second-order valence-electron chi connectivity index (χ2n) is 4.46. The molecule has 17 heavy (non-hydrogen) atoms. The molecule has 0 aliphatic carbocycles. The Bertz CT molecular complexity index is 584. The summed E-state index contributed by atoms with van der Waals surface area (Å²) in [4.78, 5) is 14.1. The topological polar surface area (TPSA) is 56.9 Å². The minimum absolute atomic E-state index is 0.0582. The lowest BCUT2D eigenvalue weighted by Gasteiger charge is -2.13. The largest absolute Gasteiger partial charge is 0.381 e. The minimum Gasteiger partial charge on any atom is -0.381 e. The van der Waals surface area contributed by atoms with Crippen LogP contribution in [0.25, 0.3) is 10.9 Å². The fourth-order valence-corrected chi connectivity index (χ4v) is 2.25. The van der Waals surface area contributed by atoms with E-state index in [1.807, 2.05) is 18.2 Å². The van der Waals surface area contributed by atoms with E-state index in [-0.39, 0.29) is 5.56 Å². The van der Waals surface area contributed by atoms with Gasteiger partial charge in [-0.05, 0) is 36.6 Å². The number of hydrogen-bond acceptors (Lipinski definition) is 3. The zero-order valence-electron chi connectivity index (χ0n) is 9.49. The molecule has 1 unspecified atom stereocenters. The number of rotatable bonds is 2. The third kappa shape index (κ3) is 2.17. The molecule has 2 aromatic rings. The van der Waals surface area contributed by atoms with Crippen molar-refractivity contribution >= 4 is 16.6 Å². The van der Waals surface area contributed by atoms with E-state index in [9.17, 15) is 4.79 Å². The molecule has 0 saturated carbocycles.